The van der Waals surface area contributed by atoms with Crippen LogP contribution in [0, 0.1) is 35.5 Å². The van der Waals surface area contributed by atoms with Crippen LogP contribution in [0.2, 0.25) is 0 Å². The van der Waals surface area contributed by atoms with Gasteiger partial charge in [0, 0.05) is 35.5 Å². The fourth-order valence-corrected chi connectivity index (χ4v) is 20.0. The van der Waals surface area contributed by atoms with E-state index in [1.807, 2.05) is 0 Å². The van der Waals surface area contributed by atoms with Gasteiger partial charge in [-0.15, -0.1) is 47.7 Å². The van der Waals surface area contributed by atoms with Crippen LogP contribution in [0.4, 0.5) is 0 Å². The zero-order chi connectivity index (χ0) is 95.2. The van der Waals surface area contributed by atoms with Crippen LogP contribution in [0.15, 0.2) is 0 Å². The van der Waals surface area contributed by atoms with Crippen molar-refractivity contribution in [3.8, 4) is 0 Å². The number of aliphatic hydroxyl groups is 4. The lowest BCUT2D eigenvalue weighted by Crippen LogP contribution is -2.60. The second-order valence-electron chi connectivity index (χ2n) is 27.7. The zero-order valence-corrected chi connectivity index (χ0v) is 77.5. The van der Waals surface area contributed by atoms with Crippen molar-refractivity contribution in [1.29, 1.82) is 0 Å². The monoisotopic (exact) mass is 2170 g/mol. The van der Waals surface area contributed by atoms with Crippen LogP contribution in [-0.2, 0) is 225 Å². The van der Waals surface area contributed by atoms with Crippen molar-refractivity contribution in [3.05, 3.63) is 0 Å². The summed E-state index contributed by atoms with van der Waals surface area (Å²) in [6.07, 6.45) is -39.5. The summed E-state index contributed by atoms with van der Waals surface area (Å²) in [5.74, 6) is -6.72. The van der Waals surface area contributed by atoms with Gasteiger partial charge in [0.05, 0.1) is 134 Å². The number of hydrogen-bond acceptors (Lipinski definition) is 75. The van der Waals surface area contributed by atoms with Gasteiger partial charge in [-0.1, -0.05) is 55.4 Å². The summed E-state index contributed by atoms with van der Waals surface area (Å²) in [7, 11) is -5.35. The van der Waals surface area contributed by atoms with Gasteiger partial charge in [-0.25, -0.2) is 62.0 Å². The molecule has 14 unspecified atom stereocenters. The molecular formula is C54H96O65S12. The molecule has 7 aliphatic heterocycles. The minimum atomic E-state index is -5.35. The second-order valence-corrected chi connectivity index (χ2v) is 33.8. The normalized spacial score (nSPS) is 36.8. The van der Waals surface area contributed by atoms with Gasteiger partial charge in [-0.2, -0.15) is 8.42 Å². The molecular weight excluding hydrogens is 2070 g/mol. The van der Waals surface area contributed by atoms with Crippen molar-refractivity contribution in [2.75, 3.05) is 79.3 Å². The predicted octanol–water partition coefficient (Wildman–Crippen LogP) is 3.58. The molecule has 0 aromatic rings. The first-order valence-electron chi connectivity index (χ1n) is 37.1. The SMILES string of the molecule is CC1O[C@@H](COCC2[C@H](COCC3[C@H](COC[C@@H]4C(OSOOO)[C@H](O)OC(C)[C@H]4OSOOO)OC(C)[C@@H](OSOOO)[C@@H]3COC[C@@H]3OC(C)[C@H](OSOOO)[C@H](OSOOO)C3OSOOO)OC(C)[C@@H](OSOOO)[C@@H]2COC[C@@H]2OC(C)[C@@H](OSOOO)[C@H](COC[C@@H]3OC(C)[C@H](OSOOO)[C@H](O)C3OSOOO)C2OSOOO)C(O)[C@@H](OS(=O)(=O)O)[C@@H]1O. The molecule has 77 heteroatoms. The maximum absolute atomic E-state index is 12.1. The lowest BCUT2D eigenvalue weighted by molar-refractivity contribution is -0.436. The minimum Gasteiger partial charge on any atom is -0.388 e. The molecule has 16 N–H and O–H groups in total. The zero-order valence-electron chi connectivity index (χ0n) is 67.8. The largest absolute Gasteiger partial charge is 0.397 e. The summed E-state index contributed by atoms with van der Waals surface area (Å²) < 4.78 is 235. The Morgan fingerprint density at radius 1 is 0.221 bits per heavy atom. The highest BCUT2D eigenvalue weighted by Crippen LogP contribution is 2.45. The van der Waals surface area contributed by atoms with E-state index in [9.17, 15) is 49.2 Å². The predicted molar refractivity (Wildman–Crippen MR) is 413 cm³/mol. The Balaban J connectivity index is 1.28. The summed E-state index contributed by atoms with van der Waals surface area (Å²) >= 11 is 0.995. The van der Waals surface area contributed by atoms with Crippen LogP contribution in [-0.4, -0.2) is 348 Å². The highest BCUT2D eigenvalue weighted by Gasteiger charge is 2.56. The molecule has 131 heavy (non-hydrogen) atoms. The molecule has 7 saturated heterocycles. The molecule has 0 aromatic heterocycles. The lowest BCUT2D eigenvalue weighted by atomic mass is 9.79. The molecule has 0 saturated carbocycles. The van der Waals surface area contributed by atoms with Gasteiger partial charge < -0.3 is 82.0 Å². The molecule has 774 valence electrons. The van der Waals surface area contributed by atoms with Gasteiger partial charge in [0.15, 0.2) is 142 Å². The van der Waals surface area contributed by atoms with Crippen molar-refractivity contribution < 1.29 is 306 Å². The van der Waals surface area contributed by atoms with E-state index in [4.69, 9.17) is 154 Å². The Kier molecular flexibility index (Phi) is 61.0. The van der Waals surface area contributed by atoms with Crippen LogP contribution in [0.1, 0.15) is 48.5 Å². The third-order valence-corrected chi connectivity index (χ3v) is 25.4. The Hall–Kier alpha value is 1.28. The standard InChI is InChI=1S/C54H96O65S12/c1-20-39(55)52(97-131(70,71)72)40(56)35(79-20)16-74-9-28-29(10-75-17-36-48(92-126-115-104-65)31(44(23(4)82-36)88-122-111-100-61)12-78-18-37-50(94-128-117-106-67)41(57)46(25(6)83-37)90-124-113-102-63)42(86-120-109-98-59)21(2)80-33(28)14-73-8-27-30(11-76-19-38-51(95-129-118-107-68)53(96-130-119-108-69)47(26(7)84-38)91-125-114-103-64)43(87-121-110-99-60)22(3)81-34(27)15-77-13-32-45(89-123-112-101-62)24(5)85-54(58)49(32)93-127-116-105-66/h20-69H,8-19H2,1-7H3,(H,70,71,72)/t20?,21?,22?,23?,24?,25?,26?,27?,28?,29-,30-,31+,32+,33+,34+,35+,36+,37+,38+,39-,40?,41+,42-,43-,44-,45-,46+,47+,48?,49?,50?,51?,52+,53+,54-/m1/s1. The molecule has 0 amide bonds. The fraction of sp³-hybridized carbons (Fsp3) is 1.00. The van der Waals surface area contributed by atoms with Crippen molar-refractivity contribution in [2.45, 2.75) is 226 Å². The Labute approximate surface area is 788 Å². The summed E-state index contributed by atoms with van der Waals surface area (Å²) in [5, 5.41) is 186. The van der Waals surface area contributed by atoms with Crippen molar-refractivity contribution in [1.82, 2.24) is 0 Å². The third kappa shape index (κ3) is 39.0. The van der Waals surface area contributed by atoms with E-state index in [1.165, 1.54) is 41.5 Å². The average molecular weight is 2170 g/mol. The van der Waals surface area contributed by atoms with E-state index in [0.29, 0.717) is 0 Å². The Morgan fingerprint density at radius 3 is 0.847 bits per heavy atom. The maximum atomic E-state index is 12.1. The molecule has 0 radical (unpaired) electrons. The van der Waals surface area contributed by atoms with Gasteiger partial charge in [0.2, 0.25) is 0 Å². The van der Waals surface area contributed by atoms with E-state index in [0.717, 1.165) is 0 Å². The van der Waals surface area contributed by atoms with Gasteiger partial charge in [-0.05, 0) is 48.5 Å². The van der Waals surface area contributed by atoms with E-state index in [2.05, 4.69) is 103 Å². The molecule has 0 bridgehead atoms. The number of rotatable bonds is 70. The van der Waals surface area contributed by atoms with Crippen molar-refractivity contribution in [2.24, 2.45) is 35.5 Å². The minimum absolute atomic E-state index is 0.0445. The van der Waals surface area contributed by atoms with Crippen LogP contribution in [0.5, 0.6) is 0 Å². The molecule has 0 spiro atoms. The first kappa shape index (κ1) is 119. The Bertz CT molecular complexity index is 3000. The first-order chi connectivity index (χ1) is 63.3. The summed E-state index contributed by atoms with van der Waals surface area (Å²) in [6, 6.07) is 0. The topological polar surface area (TPSA) is 792 Å². The first-order valence-corrected chi connectivity index (χ1v) is 45.8. The highest BCUT2D eigenvalue weighted by molar-refractivity contribution is 7.91. The van der Waals surface area contributed by atoms with E-state index >= 15 is 0 Å². The molecule has 0 aliphatic carbocycles. The quantitative estimate of drug-likeness (QED) is 0.0136. The smallest absolute Gasteiger partial charge is 0.388 e. The van der Waals surface area contributed by atoms with Crippen LogP contribution >= 0.6 is 136 Å². The van der Waals surface area contributed by atoms with Crippen LogP contribution < -0.4 is 0 Å². The maximum Gasteiger partial charge on any atom is 0.397 e. The molecule has 0 aromatic carbocycles. The molecule has 7 fully saturated rings. The molecule has 65 nitrogen and oxygen atoms in total. The van der Waals surface area contributed by atoms with Crippen LogP contribution in [0.3, 0.4) is 0 Å². The van der Waals surface area contributed by atoms with Gasteiger partial charge >= 0.3 is 10.4 Å². The summed E-state index contributed by atoms with van der Waals surface area (Å²) in [6.45, 7) is 4.38. The summed E-state index contributed by atoms with van der Waals surface area (Å²) in [5.41, 5.74) is 0. The third-order valence-electron chi connectivity index (χ3n) is 20.4. The van der Waals surface area contributed by atoms with E-state index in [1.54, 1.807) is 6.92 Å². The van der Waals surface area contributed by atoms with Crippen LogP contribution in [0.25, 0.3) is 0 Å². The number of ether oxygens (including phenoxy) is 13. The van der Waals surface area contributed by atoms with Gasteiger partial charge in [-0.3, -0.25) is 50.6 Å². The average Bonchev–Trinajstić information content (AvgIpc) is 0.723. The van der Waals surface area contributed by atoms with E-state index in [-0.39, 0.29) is 136 Å². The lowest BCUT2D eigenvalue weighted by Gasteiger charge is -2.47. The van der Waals surface area contributed by atoms with Gasteiger partial charge in [0.25, 0.3) is 0 Å². The van der Waals surface area contributed by atoms with Crippen molar-refractivity contribution >= 4 is 146 Å². The second kappa shape index (κ2) is 67.1. The van der Waals surface area contributed by atoms with E-state index < -0.39 is 302 Å². The van der Waals surface area contributed by atoms with Crippen molar-refractivity contribution in [3.63, 3.8) is 0 Å². The van der Waals surface area contributed by atoms with Gasteiger partial charge in [0.1, 0.15) is 116 Å². The Morgan fingerprint density at radius 2 is 0.466 bits per heavy atom. The fourth-order valence-electron chi connectivity index (χ4n) is 14.9. The number of aliphatic hydroxyl groups excluding tert-OH is 4. The molecule has 7 heterocycles. The molecule has 35 atom stereocenters. The summed E-state index contributed by atoms with van der Waals surface area (Å²) in [4.78, 5) is 0. The molecule has 7 aliphatic rings. The molecule has 7 rings (SSSR count). The highest BCUT2D eigenvalue weighted by atomic mass is 32.3. The number of hydrogen-bond donors (Lipinski definition) is 16.